The molecule has 0 aliphatic carbocycles. The zero-order chi connectivity index (χ0) is 17.0. The number of carbonyl (C=O) groups excluding carboxylic acids is 1. The van der Waals surface area contributed by atoms with Crippen LogP contribution < -0.4 is 5.32 Å². The molecule has 0 saturated carbocycles. The molecule has 2 N–H and O–H groups in total. The van der Waals surface area contributed by atoms with Crippen LogP contribution in [-0.4, -0.2) is 38.0 Å². The molecule has 2 aromatic rings. The van der Waals surface area contributed by atoms with Crippen molar-refractivity contribution < 1.29 is 14.7 Å². The van der Waals surface area contributed by atoms with E-state index in [2.05, 4.69) is 15.6 Å². The molecular weight excluding hydrogens is 296 g/mol. The number of aliphatic carboxylic acids is 1. The predicted octanol–water partition coefficient (Wildman–Crippen LogP) is 1.80. The van der Waals surface area contributed by atoms with Gasteiger partial charge in [-0.05, 0) is 31.4 Å². The van der Waals surface area contributed by atoms with Crippen molar-refractivity contribution in [3.05, 3.63) is 41.7 Å². The Bertz CT molecular complexity index is 695. The van der Waals surface area contributed by atoms with Crippen molar-refractivity contribution in [3.63, 3.8) is 0 Å². The van der Waals surface area contributed by atoms with Gasteiger partial charge in [0.1, 0.15) is 6.04 Å². The van der Waals surface area contributed by atoms with Crippen molar-refractivity contribution in [3.8, 4) is 5.69 Å². The van der Waals surface area contributed by atoms with Crippen molar-refractivity contribution in [1.29, 1.82) is 0 Å². The van der Waals surface area contributed by atoms with Gasteiger partial charge in [-0.2, -0.15) is 0 Å². The monoisotopic (exact) mass is 316 g/mol. The van der Waals surface area contributed by atoms with Crippen LogP contribution in [0.15, 0.2) is 30.3 Å². The van der Waals surface area contributed by atoms with Crippen LogP contribution in [0.4, 0.5) is 0 Å². The highest BCUT2D eigenvalue weighted by Crippen LogP contribution is 2.12. The fourth-order valence-electron chi connectivity index (χ4n) is 2.27. The zero-order valence-corrected chi connectivity index (χ0v) is 13.4. The number of benzene rings is 1. The topological polar surface area (TPSA) is 97.1 Å². The highest BCUT2D eigenvalue weighted by molar-refractivity contribution is 5.95. The minimum atomic E-state index is -1.06. The first kappa shape index (κ1) is 16.7. The molecule has 1 heterocycles. The molecule has 23 heavy (non-hydrogen) atoms. The number of para-hydroxylation sites is 1. The number of aromatic nitrogens is 3. The summed E-state index contributed by atoms with van der Waals surface area (Å²) in [6.07, 6.45) is 0.354. The third kappa shape index (κ3) is 3.94. The lowest BCUT2D eigenvalue weighted by Crippen LogP contribution is -2.42. The fraction of sp³-hybridized carbons (Fsp3) is 0.375. The summed E-state index contributed by atoms with van der Waals surface area (Å²) in [6.45, 7) is 5.53. The van der Waals surface area contributed by atoms with Gasteiger partial charge in [0.05, 0.1) is 11.4 Å². The van der Waals surface area contributed by atoms with Crippen LogP contribution in [0.25, 0.3) is 5.69 Å². The molecule has 0 aliphatic rings. The summed E-state index contributed by atoms with van der Waals surface area (Å²) >= 11 is 0. The number of carboxylic acids is 1. The third-order valence-electron chi connectivity index (χ3n) is 3.42. The van der Waals surface area contributed by atoms with Crippen molar-refractivity contribution in [2.24, 2.45) is 5.92 Å². The smallest absolute Gasteiger partial charge is 0.326 e. The first-order chi connectivity index (χ1) is 10.9. The minimum absolute atomic E-state index is 0.129. The van der Waals surface area contributed by atoms with Gasteiger partial charge in [-0.15, -0.1) is 5.10 Å². The molecule has 0 aliphatic heterocycles. The molecule has 0 spiro atoms. The van der Waals surface area contributed by atoms with Gasteiger partial charge in [0, 0.05) is 0 Å². The molecule has 1 aromatic carbocycles. The molecule has 0 fully saturated rings. The first-order valence-corrected chi connectivity index (χ1v) is 7.41. The number of carbonyl (C=O) groups is 2. The number of carboxylic acid groups (broad SMARTS) is 1. The van der Waals surface area contributed by atoms with Gasteiger partial charge >= 0.3 is 5.97 Å². The molecule has 7 nitrogen and oxygen atoms in total. The van der Waals surface area contributed by atoms with Gasteiger partial charge in [-0.25, -0.2) is 9.48 Å². The predicted molar refractivity (Wildman–Crippen MR) is 84.4 cm³/mol. The maximum atomic E-state index is 12.3. The van der Waals surface area contributed by atoms with Crippen LogP contribution in [0.1, 0.15) is 36.5 Å². The quantitative estimate of drug-likeness (QED) is 0.847. The van der Waals surface area contributed by atoms with Crippen LogP contribution in [0.2, 0.25) is 0 Å². The number of nitrogens with zero attached hydrogens (tertiary/aromatic N) is 3. The van der Waals surface area contributed by atoms with Gasteiger partial charge < -0.3 is 10.4 Å². The van der Waals surface area contributed by atoms with Crippen molar-refractivity contribution in [2.75, 3.05) is 0 Å². The Kier molecular flexibility index (Phi) is 5.10. The fourth-order valence-corrected chi connectivity index (χ4v) is 2.27. The molecule has 0 bridgehead atoms. The molecule has 122 valence electrons. The van der Waals surface area contributed by atoms with Gasteiger partial charge in [-0.1, -0.05) is 37.3 Å². The lowest BCUT2D eigenvalue weighted by molar-refractivity contribution is -0.139. The SMILES string of the molecule is Cc1c(C(=O)N[C@@H](CC(C)C)C(=O)O)nnn1-c1ccccc1. The summed E-state index contributed by atoms with van der Waals surface area (Å²) in [5.41, 5.74) is 1.47. The Morgan fingerprint density at radius 1 is 1.26 bits per heavy atom. The highest BCUT2D eigenvalue weighted by Gasteiger charge is 2.25. The first-order valence-electron chi connectivity index (χ1n) is 7.41. The van der Waals surface area contributed by atoms with E-state index in [1.165, 1.54) is 0 Å². The molecule has 0 radical (unpaired) electrons. The maximum absolute atomic E-state index is 12.3. The van der Waals surface area contributed by atoms with Crippen molar-refractivity contribution >= 4 is 11.9 Å². The highest BCUT2D eigenvalue weighted by atomic mass is 16.4. The maximum Gasteiger partial charge on any atom is 0.326 e. The van der Waals surface area contributed by atoms with Gasteiger partial charge in [0.25, 0.3) is 5.91 Å². The Labute approximate surface area is 134 Å². The molecule has 1 aromatic heterocycles. The Morgan fingerprint density at radius 2 is 1.91 bits per heavy atom. The van der Waals surface area contributed by atoms with Gasteiger partial charge in [0.15, 0.2) is 5.69 Å². The largest absolute Gasteiger partial charge is 0.480 e. The van der Waals surface area contributed by atoms with E-state index in [0.717, 1.165) is 5.69 Å². The second kappa shape index (κ2) is 7.04. The number of rotatable bonds is 6. The van der Waals surface area contributed by atoms with E-state index < -0.39 is 17.9 Å². The second-order valence-corrected chi connectivity index (χ2v) is 5.76. The van der Waals surface area contributed by atoms with Gasteiger partial charge in [-0.3, -0.25) is 4.79 Å². The summed E-state index contributed by atoms with van der Waals surface area (Å²) < 4.78 is 1.55. The average molecular weight is 316 g/mol. The standard InChI is InChI=1S/C16H20N4O3/c1-10(2)9-13(16(22)23)17-15(21)14-11(3)20(19-18-14)12-7-5-4-6-8-12/h4-8,10,13H,9H2,1-3H3,(H,17,21)(H,22,23)/t13-/m0/s1. The molecular formula is C16H20N4O3. The summed E-state index contributed by atoms with van der Waals surface area (Å²) in [5.74, 6) is -1.43. The summed E-state index contributed by atoms with van der Waals surface area (Å²) in [5, 5.41) is 19.6. The van der Waals surface area contributed by atoms with Crippen LogP contribution in [0, 0.1) is 12.8 Å². The van der Waals surface area contributed by atoms with Crippen LogP contribution in [0.3, 0.4) is 0 Å². The number of hydrogen-bond acceptors (Lipinski definition) is 4. The van der Waals surface area contributed by atoms with Crippen molar-refractivity contribution in [2.45, 2.75) is 33.2 Å². The minimum Gasteiger partial charge on any atom is -0.480 e. The molecule has 2 rings (SSSR count). The van der Waals surface area contributed by atoms with Crippen LogP contribution in [0.5, 0.6) is 0 Å². The molecule has 1 amide bonds. The summed E-state index contributed by atoms with van der Waals surface area (Å²) in [7, 11) is 0. The number of hydrogen-bond donors (Lipinski definition) is 2. The molecule has 0 unspecified atom stereocenters. The number of amides is 1. The molecule has 1 atom stereocenters. The second-order valence-electron chi connectivity index (χ2n) is 5.76. The average Bonchev–Trinajstić information content (AvgIpc) is 2.88. The van der Waals surface area contributed by atoms with E-state index in [1.54, 1.807) is 11.6 Å². The zero-order valence-electron chi connectivity index (χ0n) is 13.4. The lowest BCUT2D eigenvalue weighted by Gasteiger charge is -2.15. The van der Waals surface area contributed by atoms with Crippen molar-refractivity contribution in [1.82, 2.24) is 20.3 Å². The van der Waals surface area contributed by atoms with E-state index in [4.69, 9.17) is 0 Å². The lowest BCUT2D eigenvalue weighted by atomic mass is 10.0. The van der Waals surface area contributed by atoms with E-state index >= 15 is 0 Å². The third-order valence-corrected chi connectivity index (χ3v) is 3.42. The van der Waals surface area contributed by atoms with Gasteiger partial charge in [0.2, 0.25) is 0 Å². The van der Waals surface area contributed by atoms with E-state index in [1.807, 2.05) is 44.2 Å². The van der Waals surface area contributed by atoms with Crippen LogP contribution >= 0.6 is 0 Å². The number of nitrogens with one attached hydrogen (secondary N) is 1. The molecule has 7 heteroatoms. The Balaban J connectivity index is 2.20. The van der Waals surface area contributed by atoms with E-state index in [0.29, 0.717) is 12.1 Å². The van der Waals surface area contributed by atoms with Crippen LogP contribution in [-0.2, 0) is 4.79 Å². The Hall–Kier alpha value is -2.70. The summed E-state index contributed by atoms with van der Waals surface area (Å²) in [6, 6.07) is 8.36. The molecule has 0 saturated heterocycles. The van der Waals surface area contributed by atoms with E-state index in [-0.39, 0.29) is 11.6 Å². The summed E-state index contributed by atoms with van der Waals surface area (Å²) in [4.78, 5) is 23.6. The Morgan fingerprint density at radius 3 is 2.48 bits per heavy atom. The van der Waals surface area contributed by atoms with E-state index in [9.17, 15) is 14.7 Å². The normalized spacial score (nSPS) is 12.2.